The molecule has 0 saturated carbocycles. The molecule has 0 fully saturated rings. The molecule has 1 heterocycles. The Hall–Kier alpha value is -2.97. The number of thiazole rings is 1. The van der Waals surface area contributed by atoms with Crippen LogP contribution in [0, 0.1) is 0 Å². The van der Waals surface area contributed by atoms with Gasteiger partial charge in [0.2, 0.25) is 11.8 Å². The zero-order chi connectivity index (χ0) is 20.1. The van der Waals surface area contributed by atoms with E-state index in [9.17, 15) is 14.4 Å². The van der Waals surface area contributed by atoms with E-state index in [1.807, 2.05) is 0 Å². The molecule has 28 heavy (non-hydrogen) atoms. The van der Waals surface area contributed by atoms with E-state index in [4.69, 9.17) is 11.6 Å². The number of nitrogens with one attached hydrogen (secondary N) is 3. The molecule has 2 aromatic carbocycles. The quantitative estimate of drug-likeness (QED) is 0.570. The highest BCUT2D eigenvalue weighted by molar-refractivity contribution is 7.22. The number of carbonyl (C=O) groups is 3. The van der Waals surface area contributed by atoms with E-state index in [-0.39, 0.29) is 30.7 Å². The maximum absolute atomic E-state index is 12.1. The van der Waals surface area contributed by atoms with Gasteiger partial charge in [0.05, 0.1) is 10.2 Å². The van der Waals surface area contributed by atoms with Crippen molar-refractivity contribution in [3.05, 3.63) is 53.1 Å². The molecule has 3 amide bonds. The summed E-state index contributed by atoms with van der Waals surface area (Å²) in [6, 6.07) is 11.8. The number of carbonyl (C=O) groups excluding carboxylic acids is 3. The van der Waals surface area contributed by atoms with Gasteiger partial charge in [0.25, 0.3) is 5.91 Å². The van der Waals surface area contributed by atoms with Crippen molar-refractivity contribution in [1.82, 2.24) is 10.3 Å². The third-order valence-corrected chi connectivity index (χ3v) is 4.88. The first-order valence-corrected chi connectivity index (χ1v) is 9.62. The second-order valence-corrected chi connectivity index (χ2v) is 7.41. The number of nitrogens with zero attached hydrogens (tertiary/aromatic N) is 1. The molecule has 9 heteroatoms. The fraction of sp³-hybridized carbons (Fsp3) is 0.158. The average molecular weight is 417 g/mol. The Morgan fingerprint density at radius 1 is 1.07 bits per heavy atom. The molecule has 0 aliphatic heterocycles. The van der Waals surface area contributed by atoms with Crippen molar-refractivity contribution >= 4 is 61.7 Å². The van der Waals surface area contributed by atoms with Crippen molar-refractivity contribution in [2.75, 3.05) is 17.2 Å². The van der Waals surface area contributed by atoms with E-state index < -0.39 is 0 Å². The van der Waals surface area contributed by atoms with Crippen LogP contribution < -0.4 is 16.0 Å². The summed E-state index contributed by atoms with van der Waals surface area (Å²) in [6.45, 7) is 1.64. The fourth-order valence-electron chi connectivity index (χ4n) is 2.43. The highest BCUT2D eigenvalue weighted by atomic mass is 35.5. The Bertz CT molecular complexity index is 1030. The number of aromatic nitrogens is 1. The van der Waals surface area contributed by atoms with Crippen molar-refractivity contribution in [3.63, 3.8) is 0 Å². The van der Waals surface area contributed by atoms with Crippen molar-refractivity contribution in [3.8, 4) is 0 Å². The predicted octanol–water partition coefficient (Wildman–Crippen LogP) is 3.67. The lowest BCUT2D eigenvalue weighted by Crippen LogP contribution is -2.27. The van der Waals surface area contributed by atoms with E-state index in [0.717, 1.165) is 10.2 Å². The summed E-state index contributed by atoms with van der Waals surface area (Å²) < 4.78 is 0.845. The highest BCUT2D eigenvalue weighted by Gasteiger charge is 2.10. The molecule has 1 aromatic heterocycles. The Balaban J connectivity index is 1.52. The van der Waals surface area contributed by atoms with Crippen LogP contribution in [-0.2, 0) is 9.59 Å². The van der Waals surface area contributed by atoms with Gasteiger partial charge < -0.3 is 16.0 Å². The largest absolute Gasteiger partial charge is 0.352 e. The lowest BCUT2D eigenvalue weighted by atomic mass is 10.2. The maximum atomic E-state index is 12.1. The summed E-state index contributed by atoms with van der Waals surface area (Å²) in [5.74, 6) is -0.675. The van der Waals surface area contributed by atoms with Gasteiger partial charge in [0, 0.05) is 36.2 Å². The lowest BCUT2D eigenvalue weighted by molar-refractivity contribution is -0.116. The van der Waals surface area contributed by atoms with Crippen LogP contribution in [0.5, 0.6) is 0 Å². The Morgan fingerprint density at radius 3 is 2.54 bits per heavy atom. The van der Waals surface area contributed by atoms with E-state index in [2.05, 4.69) is 20.9 Å². The van der Waals surface area contributed by atoms with E-state index in [1.165, 1.54) is 18.3 Å². The number of halogens is 1. The molecule has 0 unspecified atom stereocenters. The van der Waals surface area contributed by atoms with Gasteiger partial charge in [-0.1, -0.05) is 22.9 Å². The van der Waals surface area contributed by atoms with Gasteiger partial charge in [-0.3, -0.25) is 14.4 Å². The van der Waals surface area contributed by atoms with Crippen LogP contribution in [0.15, 0.2) is 42.5 Å². The van der Waals surface area contributed by atoms with Gasteiger partial charge in [-0.2, -0.15) is 0 Å². The minimum Gasteiger partial charge on any atom is -0.352 e. The van der Waals surface area contributed by atoms with Crippen LogP contribution in [0.3, 0.4) is 0 Å². The third kappa shape index (κ3) is 5.28. The molecule has 7 nitrogen and oxygen atoms in total. The maximum Gasteiger partial charge on any atom is 0.251 e. The summed E-state index contributed by atoms with van der Waals surface area (Å²) in [5.41, 5.74) is 1.88. The number of anilines is 2. The standard InChI is InChI=1S/C19H17ClN4O3S/c1-11(25)22-14-6-7-15-16(10-14)28-19(23-15)24-17(26)8-9-21-18(27)12-2-4-13(20)5-3-12/h2-7,10H,8-9H2,1H3,(H,21,27)(H,22,25)(H,23,24,26). The molecule has 0 bridgehead atoms. The number of rotatable bonds is 6. The van der Waals surface area contributed by atoms with Crippen LogP contribution in [0.1, 0.15) is 23.7 Å². The van der Waals surface area contributed by atoms with Crippen LogP contribution >= 0.6 is 22.9 Å². The minimum atomic E-state index is -0.269. The zero-order valence-corrected chi connectivity index (χ0v) is 16.5. The van der Waals surface area contributed by atoms with Gasteiger partial charge in [0.15, 0.2) is 5.13 Å². The van der Waals surface area contributed by atoms with Gasteiger partial charge >= 0.3 is 0 Å². The summed E-state index contributed by atoms with van der Waals surface area (Å²) >= 11 is 7.10. The van der Waals surface area contributed by atoms with Gasteiger partial charge in [0.1, 0.15) is 0 Å². The summed E-state index contributed by atoms with van der Waals surface area (Å²) in [4.78, 5) is 39.6. The van der Waals surface area contributed by atoms with Gasteiger partial charge in [-0.25, -0.2) is 4.98 Å². The molecule has 3 rings (SSSR count). The van der Waals surface area contributed by atoms with Crippen molar-refractivity contribution in [2.24, 2.45) is 0 Å². The molecule has 0 aliphatic rings. The first kappa shape index (κ1) is 19.8. The summed E-state index contributed by atoms with van der Waals surface area (Å²) in [5, 5.41) is 9.13. The number of fused-ring (bicyclic) bond motifs is 1. The highest BCUT2D eigenvalue weighted by Crippen LogP contribution is 2.28. The van der Waals surface area contributed by atoms with E-state index >= 15 is 0 Å². The molecule has 0 aliphatic carbocycles. The lowest BCUT2D eigenvalue weighted by Gasteiger charge is -2.05. The normalized spacial score (nSPS) is 10.5. The topological polar surface area (TPSA) is 100 Å². The van der Waals surface area contributed by atoms with Gasteiger partial charge in [-0.05, 0) is 42.5 Å². The number of amides is 3. The first-order valence-electron chi connectivity index (χ1n) is 8.42. The molecule has 0 atom stereocenters. The predicted molar refractivity (Wildman–Crippen MR) is 111 cm³/mol. The Morgan fingerprint density at radius 2 is 1.82 bits per heavy atom. The SMILES string of the molecule is CC(=O)Nc1ccc2nc(NC(=O)CCNC(=O)c3ccc(Cl)cc3)sc2c1. The van der Waals surface area contributed by atoms with Crippen molar-refractivity contribution in [1.29, 1.82) is 0 Å². The van der Waals surface area contributed by atoms with E-state index in [1.54, 1.807) is 42.5 Å². The summed E-state index contributed by atoms with van der Waals surface area (Å²) in [6.07, 6.45) is 0.117. The van der Waals surface area contributed by atoms with Crippen LogP contribution in [0.2, 0.25) is 5.02 Å². The fourth-order valence-corrected chi connectivity index (χ4v) is 3.48. The molecule has 0 saturated heterocycles. The molecule has 0 spiro atoms. The zero-order valence-electron chi connectivity index (χ0n) is 14.9. The van der Waals surface area contributed by atoms with Crippen LogP contribution in [0.4, 0.5) is 10.8 Å². The van der Waals surface area contributed by atoms with E-state index in [0.29, 0.717) is 21.4 Å². The van der Waals surface area contributed by atoms with Crippen LogP contribution in [-0.4, -0.2) is 29.3 Å². The minimum absolute atomic E-state index is 0.117. The number of hydrogen-bond acceptors (Lipinski definition) is 5. The number of hydrogen-bond donors (Lipinski definition) is 3. The Labute approximate surface area is 170 Å². The molecule has 144 valence electrons. The van der Waals surface area contributed by atoms with Crippen molar-refractivity contribution in [2.45, 2.75) is 13.3 Å². The smallest absolute Gasteiger partial charge is 0.251 e. The molecule has 3 aromatic rings. The first-order chi connectivity index (χ1) is 13.4. The number of benzene rings is 2. The monoisotopic (exact) mass is 416 g/mol. The second kappa shape index (κ2) is 8.81. The van der Waals surface area contributed by atoms with Crippen molar-refractivity contribution < 1.29 is 14.4 Å². The van der Waals surface area contributed by atoms with Crippen LogP contribution in [0.25, 0.3) is 10.2 Å². The molecular weight excluding hydrogens is 400 g/mol. The molecule has 0 radical (unpaired) electrons. The second-order valence-electron chi connectivity index (χ2n) is 5.94. The average Bonchev–Trinajstić information content (AvgIpc) is 3.03. The third-order valence-electron chi connectivity index (χ3n) is 3.70. The molecule has 3 N–H and O–H groups in total. The molecular formula is C19H17ClN4O3S. The Kier molecular flexibility index (Phi) is 6.23. The van der Waals surface area contributed by atoms with Gasteiger partial charge in [-0.15, -0.1) is 0 Å². The summed E-state index contributed by atoms with van der Waals surface area (Å²) in [7, 11) is 0.